The quantitative estimate of drug-likeness (QED) is 0.223. The molecule has 0 unspecified atom stereocenters. The summed E-state index contributed by atoms with van der Waals surface area (Å²) in [7, 11) is 3.15. The van der Waals surface area contributed by atoms with Gasteiger partial charge in [0.25, 0.3) is 11.6 Å². The van der Waals surface area contributed by atoms with E-state index in [4.69, 9.17) is 14.5 Å². The first kappa shape index (κ1) is 25.1. The number of nitro groups is 1. The van der Waals surface area contributed by atoms with Gasteiger partial charge in [-0.05, 0) is 36.9 Å². The molecule has 0 bridgehead atoms. The molecule has 0 fully saturated rings. The summed E-state index contributed by atoms with van der Waals surface area (Å²) in [6, 6.07) is 9.70. The van der Waals surface area contributed by atoms with Gasteiger partial charge >= 0.3 is 0 Å². The first-order chi connectivity index (χ1) is 16.4. The topological polar surface area (TPSA) is 98.0 Å². The van der Waals surface area contributed by atoms with Gasteiger partial charge in [0, 0.05) is 43.4 Å². The van der Waals surface area contributed by atoms with Crippen LogP contribution in [-0.4, -0.2) is 61.1 Å². The highest BCUT2D eigenvalue weighted by Gasteiger charge is 2.20. The molecular formula is C24H28N4O5S. The third kappa shape index (κ3) is 5.89. The molecule has 0 radical (unpaired) electrons. The lowest BCUT2D eigenvalue weighted by Crippen LogP contribution is -2.38. The fourth-order valence-electron chi connectivity index (χ4n) is 3.40. The van der Waals surface area contributed by atoms with Gasteiger partial charge in [-0.25, -0.2) is 4.98 Å². The Morgan fingerprint density at radius 2 is 1.74 bits per heavy atom. The Balaban J connectivity index is 1.90. The lowest BCUT2D eigenvalue weighted by molar-refractivity contribution is -0.384. The molecule has 9 nitrogen and oxygen atoms in total. The van der Waals surface area contributed by atoms with Gasteiger partial charge in [0.1, 0.15) is 0 Å². The SMILES string of the molecule is CCN(CC)CCN(C(=O)/C=C\c1ccc([N+](=O)[O-])cc1)c1nc2cc(OC)c(OC)cc2s1. The monoisotopic (exact) mass is 484 g/mol. The summed E-state index contributed by atoms with van der Waals surface area (Å²) in [5, 5.41) is 11.4. The van der Waals surface area contributed by atoms with E-state index in [1.165, 1.54) is 29.5 Å². The van der Waals surface area contributed by atoms with E-state index in [1.807, 2.05) is 6.07 Å². The van der Waals surface area contributed by atoms with Crippen molar-refractivity contribution in [3.05, 3.63) is 58.2 Å². The zero-order valence-corrected chi connectivity index (χ0v) is 20.5. The van der Waals surface area contributed by atoms with Crippen LogP contribution in [0.25, 0.3) is 16.3 Å². The average Bonchev–Trinajstić information content (AvgIpc) is 3.26. The number of non-ortho nitro benzene ring substituents is 1. The van der Waals surface area contributed by atoms with Crippen molar-refractivity contribution < 1.29 is 19.2 Å². The number of fused-ring (bicyclic) bond motifs is 1. The van der Waals surface area contributed by atoms with Crippen LogP contribution in [0.5, 0.6) is 11.5 Å². The summed E-state index contributed by atoms with van der Waals surface area (Å²) in [5.41, 5.74) is 1.42. The number of nitro benzene ring substituents is 1. The van der Waals surface area contributed by atoms with E-state index >= 15 is 0 Å². The van der Waals surface area contributed by atoms with Gasteiger partial charge < -0.3 is 14.4 Å². The van der Waals surface area contributed by atoms with Gasteiger partial charge in [0.15, 0.2) is 16.6 Å². The Morgan fingerprint density at radius 3 is 2.32 bits per heavy atom. The van der Waals surface area contributed by atoms with Gasteiger partial charge in [0.05, 0.1) is 29.4 Å². The minimum Gasteiger partial charge on any atom is -0.493 e. The molecule has 0 aliphatic carbocycles. The lowest BCUT2D eigenvalue weighted by atomic mass is 10.2. The molecule has 3 aromatic rings. The number of carbonyl (C=O) groups excluding carboxylic acids is 1. The van der Waals surface area contributed by atoms with E-state index in [-0.39, 0.29) is 11.6 Å². The maximum absolute atomic E-state index is 13.2. The number of ether oxygens (including phenoxy) is 2. The van der Waals surface area contributed by atoms with E-state index in [0.717, 1.165) is 23.3 Å². The minimum absolute atomic E-state index is 0.00431. The van der Waals surface area contributed by atoms with Crippen LogP contribution >= 0.6 is 11.3 Å². The molecule has 0 saturated carbocycles. The first-order valence-electron chi connectivity index (χ1n) is 10.9. The highest BCUT2D eigenvalue weighted by molar-refractivity contribution is 7.22. The number of aromatic nitrogens is 1. The Morgan fingerprint density at radius 1 is 1.09 bits per heavy atom. The number of benzene rings is 2. The maximum Gasteiger partial charge on any atom is 0.269 e. The van der Waals surface area contributed by atoms with Crippen LogP contribution in [0.2, 0.25) is 0 Å². The largest absolute Gasteiger partial charge is 0.493 e. The Bertz CT molecular complexity index is 1130. The Labute approximate surface area is 202 Å². The van der Waals surface area contributed by atoms with Crippen molar-refractivity contribution in [3.8, 4) is 11.5 Å². The standard InChI is InChI=1S/C24H28N4O5S/c1-5-26(6-2)13-14-27(23(29)12-9-17-7-10-18(11-8-17)28(30)31)24-25-19-15-20(32-3)21(33-4)16-22(19)34-24/h7-12,15-16H,5-6,13-14H2,1-4H3/b12-9-. The smallest absolute Gasteiger partial charge is 0.269 e. The Hall–Kier alpha value is -3.50. The molecule has 1 aromatic heterocycles. The number of anilines is 1. The molecule has 34 heavy (non-hydrogen) atoms. The van der Waals surface area contributed by atoms with Crippen LogP contribution in [0.4, 0.5) is 10.8 Å². The van der Waals surface area contributed by atoms with Crippen LogP contribution in [0, 0.1) is 10.1 Å². The molecule has 0 atom stereocenters. The molecule has 180 valence electrons. The molecule has 3 rings (SSSR count). The van der Waals surface area contributed by atoms with E-state index in [1.54, 1.807) is 43.4 Å². The van der Waals surface area contributed by atoms with Crippen molar-refractivity contribution in [3.63, 3.8) is 0 Å². The van der Waals surface area contributed by atoms with Crippen LogP contribution in [-0.2, 0) is 4.79 Å². The molecule has 0 spiro atoms. The van der Waals surface area contributed by atoms with Gasteiger partial charge in [-0.2, -0.15) is 0 Å². The molecule has 10 heteroatoms. The first-order valence-corrected chi connectivity index (χ1v) is 11.7. The third-order valence-corrected chi connectivity index (χ3v) is 6.48. The van der Waals surface area contributed by atoms with Crippen molar-refractivity contribution in [2.45, 2.75) is 13.8 Å². The Kier molecular flexibility index (Phi) is 8.55. The second-order valence-electron chi connectivity index (χ2n) is 7.37. The molecule has 0 aliphatic heterocycles. The summed E-state index contributed by atoms with van der Waals surface area (Å²) in [4.78, 5) is 32.2. The highest BCUT2D eigenvalue weighted by Crippen LogP contribution is 2.37. The molecule has 0 aliphatic rings. The number of nitrogens with zero attached hydrogens (tertiary/aromatic N) is 4. The maximum atomic E-state index is 13.2. The fraction of sp³-hybridized carbons (Fsp3) is 0.333. The summed E-state index contributed by atoms with van der Waals surface area (Å²) < 4.78 is 11.7. The number of carbonyl (C=O) groups is 1. The molecular weight excluding hydrogens is 456 g/mol. The van der Waals surface area contributed by atoms with Crippen LogP contribution < -0.4 is 14.4 Å². The molecule has 0 saturated heterocycles. The highest BCUT2D eigenvalue weighted by atomic mass is 32.1. The summed E-state index contributed by atoms with van der Waals surface area (Å²) in [6.45, 7) is 7.10. The van der Waals surface area contributed by atoms with Crippen molar-refractivity contribution in [2.75, 3.05) is 45.3 Å². The normalized spacial score (nSPS) is 11.3. The minimum atomic E-state index is -0.454. The van der Waals surface area contributed by atoms with Crippen molar-refractivity contribution in [2.24, 2.45) is 0 Å². The zero-order chi connectivity index (χ0) is 24.7. The summed E-state index contributed by atoms with van der Waals surface area (Å²) in [5.74, 6) is 0.957. The number of methoxy groups -OCH3 is 2. The number of amides is 1. The van der Waals surface area contributed by atoms with E-state index < -0.39 is 4.92 Å². The molecule has 2 aromatic carbocycles. The predicted molar refractivity (Wildman–Crippen MR) is 135 cm³/mol. The predicted octanol–water partition coefficient (Wildman–Crippen LogP) is 4.61. The molecule has 1 heterocycles. The van der Waals surface area contributed by atoms with E-state index in [0.29, 0.717) is 35.3 Å². The van der Waals surface area contributed by atoms with Gasteiger partial charge in [-0.1, -0.05) is 25.2 Å². The van der Waals surface area contributed by atoms with Crippen LogP contribution in [0.1, 0.15) is 19.4 Å². The third-order valence-electron chi connectivity index (χ3n) is 5.44. The average molecular weight is 485 g/mol. The summed E-state index contributed by atoms with van der Waals surface area (Å²) >= 11 is 1.41. The number of thiazole rings is 1. The number of rotatable bonds is 11. The van der Waals surface area contributed by atoms with Crippen molar-refractivity contribution >= 4 is 44.4 Å². The molecule has 1 amide bonds. The van der Waals surface area contributed by atoms with Crippen LogP contribution in [0.3, 0.4) is 0 Å². The van der Waals surface area contributed by atoms with E-state index in [2.05, 4.69) is 18.7 Å². The van der Waals surface area contributed by atoms with Gasteiger partial charge in [0.2, 0.25) is 0 Å². The van der Waals surface area contributed by atoms with Crippen LogP contribution in [0.15, 0.2) is 42.5 Å². The second kappa shape index (κ2) is 11.6. The van der Waals surface area contributed by atoms with Gasteiger partial charge in [-0.3, -0.25) is 19.8 Å². The fourth-order valence-corrected chi connectivity index (χ4v) is 4.41. The second-order valence-corrected chi connectivity index (χ2v) is 8.38. The summed E-state index contributed by atoms with van der Waals surface area (Å²) in [6.07, 6.45) is 3.12. The van der Waals surface area contributed by atoms with Gasteiger partial charge in [-0.15, -0.1) is 0 Å². The number of hydrogen-bond acceptors (Lipinski definition) is 8. The molecule has 0 N–H and O–H groups in total. The van der Waals surface area contributed by atoms with E-state index in [9.17, 15) is 14.9 Å². The van der Waals surface area contributed by atoms with Crippen molar-refractivity contribution in [1.82, 2.24) is 9.88 Å². The van der Waals surface area contributed by atoms with Crippen molar-refractivity contribution in [1.29, 1.82) is 0 Å². The number of likely N-dealkylation sites (N-methyl/N-ethyl adjacent to an activating group) is 1. The lowest BCUT2D eigenvalue weighted by Gasteiger charge is -2.23. The number of hydrogen-bond donors (Lipinski definition) is 0. The zero-order valence-electron chi connectivity index (χ0n) is 19.7.